The molecule has 13 heavy (non-hydrogen) atoms. The molecule has 0 aliphatic carbocycles. The number of hydrogen-bond acceptors (Lipinski definition) is 2. The first-order valence-corrected chi connectivity index (χ1v) is 4.73. The van der Waals surface area contributed by atoms with Gasteiger partial charge in [0.2, 0.25) is 0 Å². The van der Waals surface area contributed by atoms with Gasteiger partial charge in [-0.25, -0.2) is 0 Å². The zero-order valence-electron chi connectivity index (χ0n) is 7.12. The Morgan fingerprint density at radius 2 is 2.15 bits per heavy atom. The summed E-state index contributed by atoms with van der Waals surface area (Å²) in [6, 6.07) is 7.98. The molecule has 0 spiro atoms. The lowest BCUT2D eigenvalue weighted by Crippen LogP contribution is -1.81. The van der Waals surface area contributed by atoms with Gasteiger partial charge in [0.15, 0.2) is 0 Å². The van der Waals surface area contributed by atoms with Crippen molar-refractivity contribution in [2.75, 3.05) is 0 Å². The van der Waals surface area contributed by atoms with Crippen molar-refractivity contribution in [1.82, 2.24) is 5.16 Å². The third-order valence-electron chi connectivity index (χ3n) is 1.84. The Hall–Kier alpha value is -1.09. The Labute approximate surface area is 84.7 Å². The van der Waals surface area contributed by atoms with Crippen LogP contribution in [0.4, 0.5) is 0 Å². The number of aromatic nitrogens is 1. The van der Waals surface area contributed by atoms with Gasteiger partial charge in [-0.05, 0) is 19.1 Å². The summed E-state index contributed by atoms with van der Waals surface area (Å²) in [7, 11) is 0. The van der Waals surface area contributed by atoms with E-state index in [0.29, 0.717) is 0 Å². The fraction of sp³-hybridized carbons (Fsp3) is 0.100. The summed E-state index contributed by atoms with van der Waals surface area (Å²) >= 11 is 3.47. The Bertz CT molecular complexity index is 409. The van der Waals surface area contributed by atoms with Gasteiger partial charge in [0.1, 0.15) is 12.0 Å². The van der Waals surface area contributed by atoms with E-state index in [1.54, 1.807) is 6.26 Å². The van der Waals surface area contributed by atoms with Gasteiger partial charge in [0.25, 0.3) is 0 Å². The summed E-state index contributed by atoms with van der Waals surface area (Å²) in [6.45, 7) is 2.05. The number of benzene rings is 1. The molecule has 66 valence electrons. The molecule has 0 aliphatic rings. The molecule has 0 radical (unpaired) electrons. The molecule has 0 bridgehead atoms. The van der Waals surface area contributed by atoms with Crippen molar-refractivity contribution < 1.29 is 4.52 Å². The third kappa shape index (κ3) is 1.65. The highest BCUT2D eigenvalue weighted by atomic mass is 79.9. The zero-order chi connectivity index (χ0) is 9.26. The summed E-state index contributed by atoms with van der Waals surface area (Å²) in [5.74, 6) is 0. The summed E-state index contributed by atoms with van der Waals surface area (Å²) in [6.07, 6.45) is 1.57. The molecule has 1 heterocycles. The van der Waals surface area contributed by atoms with Crippen molar-refractivity contribution in [3.63, 3.8) is 0 Å². The molecule has 0 saturated carbocycles. The van der Waals surface area contributed by atoms with Crippen molar-refractivity contribution in [1.29, 1.82) is 0 Å². The van der Waals surface area contributed by atoms with Gasteiger partial charge in [0, 0.05) is 16.1 Å². The predicted octanol–water partition coefficient (Wildman–Crippen LogP) is 3.41. The average molecular weight is 238 g/mol. The second-order valence-electron chi connectivity index (χ2n) is 2.87. The van der Waals surface area contributed by atoms with E-state index in [0.717, 1.165) is 15.7 Å². The molecule has 1 aromatic carbocycles. The van der Waals surface area contributed by atoms with Crippen LogP contribution in [0.1, 0.15) is 5.56 Å². The van der Waals surface area contributed by atoms with Crippen molar-refractivity contribution in [2.45, 2.75) is 6.92 Å². The quantitative estimate of drug-likeness (QED) is 0.760. The van der Waals surface area contributed by atoms with Gasteiger partial charge in [-0.15, -0.1) is 0 Å². The number of hydrogen-bond donors (Lipinski definition) is 0. The topological polar surface area (TPSA) is 26.0 Å². The van der Waals surface area contributed by atoms with E-state index in [1.165, 1.54) is 5.56 Å². The van der Waals surface area contributed by atoms with Crippen LogP contribution in [0, 0.1) is 6.92 Å². The van der Waals surface area contributed by atoms with Crippen LogP contribution in [0.2, 0.25) is 0 Å². The molecule has 0 saturated heterocycles. The van der Waals surface area contributed by atoms with E-state index in [2.05, 4.69) is 34.1 Å². The molecule has 2 aromatic rings. The normalized spacial score (nSPS) is 10.3. The maximum Gasteiger partial charge on any atom is 0.124 e. The molecule has 0 fully saturated rings. The van der Waals surface area contributed by atoms with Crippen molar-refractivity contribution in [3.05, 3.63) is 40.6 Å². The van der Waals surface area contributed by atoms with Crippen LogP contribution < -0.4 is 0 Å². The van der Waals surface area contributed by atoms with E-state index in [-0.39, 0.29) is 0 Å². The second kappa shape index (κ2) is 3.34. The molecule has 0 aliphatic heterocycles. The number of halogens is 1. The molecule has 1 aromatic heterocycles. The Kier molecular flexibility index (Phi) is 2.19. The largest absolute Gasteiger partial charge is 0.364 e. The molecule has 3 heteroatoms. The third-order valence-corrected chi connectivity index (χ3v) is 2.53. The van der Waals surface area contributed by atoms with E-state index >= 15 is 0 Å². The standard InChI is InChI=1S/C10H8BrNO/c1-7-2-3-9(11)8(6-7)10-4-5-13-12-10/h2-6H,1H3. The summed E-state index contributed by atoms with van der Waals surface area (Å²) < 4.78 is 5.83. The number of nitrogens with zero attached hydrogens (tertiary/aromatic N) is 1. The smallest absolute Gasteiger partial charge is 0.124 e. The van der Waals surface area contributed by atoms with Crippen LogP contribution in [0.15, 0.2) is 39.5 Å². The van der Waals surface area contributed by atoms with E-state index in [1.807, 2.05) is 18.2 Å². The molecule has 0 atom stereocenters. The van der Waals surface area contributed by atoms with Gasteiger partial charge < -0.3 is 4.52 Å². The van der Waals surface area contributed by atoms with Gasteiger partial charge in [-0.3, -0.25) is 0 Å². The minimum absolute atomic E-state index is 0.857. The zero-order valence-corrected chi connectivity index (χ0v) is 8.71. The average Bonchev–Trinajstić information content (AvgIpc) is 2.61. The lowest BCUT2D eigenvalue weighted by atomic mass is 10.1. The highest BCUT2D eigenvalue weighted by Gasteiger charge is 2.05. The molecular formula is C10H8BrNO. The van der Waals surface area contributed by atoms with Crippen molar-refractivity contribution in [3.8, 4) is 11.3 Å². The highest BCUT2D eigenvalue weighted by molar-refractivity contribution is 9.10. The maximum atomic E-state index is 4.79. The molecule has 0 unspecified atom stereocenters. The van der Waals surface area contributed by atoms with Gasteiger partial charge in [-0.1, -0.05) is 32.7 Å². The minimum Gasteiger partial charge on any atom is -0.364 e. The molecule has 2 rings (SSSR count). The lowest BCUT2D eigenvalue weighted by molar-refractivity contribution is 0.422. The van der Waals surface area contributed by atoms with E-state index < -0.39 is 0 Å². The van der Waals surface area contributed by atoms with Gasteiger partial charge in [-0.2, -0.15) is 0 Å². The van der Waals surface area contributed by atoms with E-state index in [9.17, 15) is 0 Å². The number of rotatable bonds is 1. The monoisotopic (exact) mass is 237 g/mol. The van der Waals surface area contributed by atoms with Crippen LogP contribution >= 0.6 is 15.9 Å². The highest BCUT2D eigenvalue weighted by Crippen LogP contribution is 2.27. The fourth-order valence-electron chi connectivity index (χ4n) is 1.19. The van der Waals surface area contributed by atoms with Crippen LogP contribution in [0.3, 0.4) is 0 Å². The lowest BCUT2D eigenvalue weighted by Gasteiger charge is -2.00. The van der Waals surface area contributed by atoms with Crippen molar-refractivity contribution in [2.24, 2.45) is 0 Å². The Morgan fingerprint density at radius 3 is 2.85 bits per heavy atom. The van der Waals surface area contributed by atoms with Crippen LogP contribution in [-0.4, -0.2) is 5.16 Å². The van der Waals surface area contributed by atoms with E-state index in [4.69, 9.17) is 4.52 Å². The predicted molar refractivity (Wildman–Crippen MR) is 54.4 cm³/mol. The SMILES string of the molecule is Cc1ccc(Br)c(-c2ccon2)c1. The first-order valence-electron chi connectivity index (χ1n) is 3.94. The molecular weight excluding hydrogens is 230 g/mol. The first kappa shape index (κ1) is 8.51. The Balaban J connectivity index is 2.57. The Morgan fingerprint density at radius 1 is 1.31 bits per heavy atom. The van der Waals surface area contributed by atoms with Crippen LogP contribution in [-0.2, 0) is 0 Å². The summed E-state index contributed by atoms with van der Waals surface area (Å²) in [5, 5.41) is 3.88. The molecule has 0 amide bonds. The molecule has 0 N–H and O–H groups in total. The minimum atomic E-state index is 0.857. The fourth-order valence-corrected chi connectivity index (χ4v) is 1.64. The van der Waals surface area contributed by atoms with Crippen LogP contribution in [0.5, 0.6) is 0 Å². The van der Waals surface area contributed by atoms with Crippen molar-refractivity contribution >= 4 is 15.9 Å². The number of aryl methyl sites for hydroxylation is 1. The van der Waals surface area contributed by atoms with Gasteiger partial charge >= 0.3 is 0 Å². The first-order chi connectivity index (χ1) is 6.27. The maximum absolute atomic E-state index is 4.79. The summed E-state index contributed by atoms with van der Waals surface area (Å²) in [4.78, 5) is 0. The van der Waals surface area contributed by atoms with Gasteiger partial charge in [0.05, 0.1) is 0 Å². The summed E-state index contributed by atoms with van der Waals surface area (Å²) in [5.41, 5.74) is 3.13. The van der Waals surface area contributed by atoms with Crippen LogP contribution in [0.25, 0.3) is 11.3 Å². The second-order valence-corrected chi connectivity index (χ2v) is 3.72. The molecule has 2 nitrogen and oxygen atoms in total.